The first kappa shape index (κ1) is 13.3. The summed E-state index contributed by atoms with van der Waals surface area (Å²) in [6.45, 7) is 1.63. The van der Waals surface area contributed by atoms with Crippen LogP contribution in [0.1, 0.15) is 16.8 Å². The van der Waals surface area contributed by atoms with E-state index in [4.69, 9.17) is 0 Å². The van der Waals surface area contributed by atoms with Crippen LogP contribution in [-0.2, 0) is 0 Å². The Morgan fingerprint density at radius 3 is 3.00 bits per heavy atom. The highest BCUT2D eigenvalue weighted by Crippen LogP contribution is 2.22. The zero-order valence-electron chi connectivity index (χ0n) is 9.54. The lowest BCUT2D eigenvalue weighted by Gasteiger charge is -2.17. The number of nitrogens with one attached hydrogen (secondary N) is 1. The number of nitrogens with zero attached hydrogens (tertiary/aromatic N) is 1. The minimum Gasteiger partial charge on any atom is -0.337 e. The summed E-state index contributed by atoms with van der Waals surface area (Å²) in [6.07, 6.45) is 1.03. The number of likely N-dealkylation sites (N-methyl/N-ethyl adjacent to an activating group) is 1. The molecule has 5 heteroatoms. The first-order valence-corrected chi connectivity index (χ1v) is 7.40. The Morgan fingerprint density at radius 1 is 1.59 bits per heavy atom. The van der Waals surface area contributed by atoms with Gasteiger partial charge in [0, 0.05) is 27.2 Å². The summed E-state index contributed by atoms with van der Waals surface area (Å²) in [4.78, 5) is 14.3. The van der Waals surface area contributed by atoms with Crippen molar-refractivity contribution in [2.24, 2.45) is 0 Å². The van der Waals surface area contributed by atoms with Crippen LogP contribution in [0.5, 0.6) is 0 Å². The topological polar surface area (TPSA) is 32.3 Å². The number of rotatable bonds is 2. The molecule has 3 nitrogen and oxygen atoms in total. The Kier molecular flexibility index (Phi) is 4.43. The van der Waals surface area contributed by atoms with Gasteiger partial charge in [0.1, 0.15) is 0 Å². The van der Waals surface area contributed by atoms with E-state index in [0.29, 0.717) is 6.04 Å². The molecule has 1 amide bonds. The van der Waals surface area contributed by atoms with Crippen molar-refractivity contribution in [2.75, 3.05) is 20.1 Å². The van der Waals surface area contributed by atoms with Gasteiger partial charge in [-0.3, -0.25) is 4.79 Å². The van der Waals surface area contributed by atoms with Crippen molar-refractivity contribution in [2.45, 2.75) is 12.5 Å². The molecule has 0 aromatic heterocycles. The molecule has 0 spiro atoms. The van der Waals surface area contributed by atoms with E-state index in [-0.39, 0.29) is 5.91 Å². The second-order valence-corrected chi connectivity index (χ2v) is 6.25. The number of hydrogen-bond acceptors (Lipinski definition) is 2. The molecule has 92 valence electrons. The van der Waals surface area contributed by atoms with E-state index in [1.807, 2.05) is 30.1 Å². The predicted molar refractivity (Wildman–Crippen MR) is 80.2 cm³/mol. The molecule has 1 saturated heterocycles. The minimum atomic E-state index is 0.119. The lowest BCUT2D eigenvalue weighted by molar-refractivity contribution is 0.0788. The fourth-order valence-electron chi connectivity index (χ4n) is 2.01. The normalized spacial score (nSPS) is 19.7. The third-order valence-electron chi connectivity index (χ3n) is 3.04. The molecule has 0 radical (unpaired) electrons. The maximum atomic E-state index is 12.3. The molecule has 1 unspecified atom stereocenters. The van der Waals surface area contributed by atoms with Crippen molar-refractivity contribution in [1.29, 1.82) is 0 Å². The number of carbonyl (C=O) groups excluding carboxylic acids is 1. The van der Waals surface area contributed by atoms with E-state index in [2.05, 4.69) is 43.8 Å². The lowest BCUT2D eigenvalue weighted by atomic mass is 10.2. The van der Waals surface area contributed by atoms with Gasteiger partial charge >= 0.3 is 0 Å². The molecule has 1 aliphatic rings. The summed E-state index contributed by atoms with van der Waals surface area (Å²) in [5.74, 6) is 0.119. The van der Waals surface area contributed by atoms with Gasteiger partial charge in [0.25, 0.3) is 5.91 Å². The van der Waals surface area contributed by atoms with Crippen LogP contribution in [0.4, 0.5) is 0 Å². The van der Waals surface area contributed by atoms with Crippen molar-refractivity contribution >= 4 is 44.4 Å². The number of halogens is 2. The summed E-state index contributed by atoms with van der Waals surface area (Å²) in [7, 11) is 1.94. The summed E-state index contributed by atoms with van der Waals surface area (Å²) in [5, 5.41) is 3.22. The molecule has 1 heterocycles. The summed E-state index contributed by atoms with van der Waals surface area (Å²) < 4.78 is 1.95. The predicted octanol–water partition coefficient (Wildman–Crippen LogP) is 2.49. The Hall–Kier alpha value is -0.140. The first-order chi connectivity index (χ1) is 8.11. The van der Waals surface area contributed by atoms with E-state index in [1.165, 1.54) is 0 Å². The van der Waals surface area contributed by atoms with Gasteiger partial charge in [-0.1, -0.05) is 0 Å². The van der Waals surface area contributed by atoms with Crippen LogP contribution in [0.25, 0.3) is 0 Å². The number of hydrogen-bond donors (Lipinski definition) is 1. The maximum absolute atomic E-state index is 12.3. The van der Waals surface area contributed by atoms with Crippen LogP contribution in [0, 0.1) is 3.57 Å². The molecule has 0 aliphatic carbocycles. The van der Waals surface area contributed by atoms with Gasteiger partial charge in [-0.25, -0.2) is 0 Å². The number of carbonyl (C=O) groups is 1. The van der Waals surface area contributed by atoms with E-state index < -0.39 is 0 Å². The minimum absolute atomic E-state index is 0.119. The molecule has 17 heavy (non-hydrogen) atoms. The monoisotopic (exact) mass is 408 g/mol. The van der Waals surface area contributed by atoms with Crippen LogP contribution in [0.2, 0.25) is 0 Å². The quantitative estimate of drug-likeness (QED) is 0.762. The van der Waals surface area contributed by atoms with E-state index in [9.17, 15) is 4.79 Å². The number of likely N-dealkylation sites (tertiary alicyclic amines) is 1. The average molecular weight is 409 g/mol. The molecule has 1 N–H and O–H groups in total. The summed E-state index contributed by atoms with van der Waals surface area (Å²) >= 11 is 5.67. The van der Waals surface area contributed by atoms with Crippen LogP contribution < -0.4 is 5.32 Å². The van der Waals surface area contributed by atoms with Crippen molar-refractivity contribution in [3.63, 3.8) is 0 Å². The SMILES string of the molecule is CNC1CCN(C(=O)c2cc(I)ccc2Br)C1. The Labute approximate surface area is 123 Å². The fraction of sp³-hybridized carbons (Fsp3) is 0.417. The van der Waals surface area contributed by atoms with Crippen molar-refractivity contribution in [3.8, 4) is 0 Å². The highest BCUT2D eigenvalue weighted by Gasteiger charge is 2.26. The smallest absolute Gasteiger partial charge is 0.255 e. The van der Waals surface area contributed by atoms with Gasteiger partial charge in [0.2, 0.25) is 0 Å². The highest BCUT2D eigenvalue weighted by atomic mass is 127. The Bertz CT molecular complexity index is 439. The summed E-state index contributed by atoms with van der Waals surface area (Å²) in [5.41, 5.74) is 0.758. The second kappa shape index (κ2) is 5.67. The first-order valence-electron chi connectivity index (χ1n) is 5.53. The van der Waals surface area contributed by atoms with Gasteiger partial charge < -0.3 is 10.2 Å². The van der Waals surface area contributed by atoms with Crippen LogP contribution in [-0.4, -0.2) is 37.0 Å². The van der Waals surface area contributed by atoms with Gasteiger partial charge in [-0.2, -0.15) is 0 Å². The zero-order valence-corrected chi connectivity index (χ0v) is 13.3. The van der Waals surface area contributed by atoms with Gasteiger partial charge in [-0.15, -0.1) is 0 Å². The average Bonchev–Trinajstić information content (AvgIpc) is 2.80. The molecule has 1 fully saturated rings. The van der Waals surface area contributed by atoms with Crippen LogP contribution in [0.3, 0.4) is 0 Å². The Morgan fingerprint density at radius 2 is 2.35 bits per heavy atom. The van der Waals surface area contributed by atoms with Crippen molar-refractivity contribution < 1.29 is 4.79 Å². The Balaban J connectivity index is 2.17. The second-order valence-electron chi connectivity index (χ2n) is 4.15. The van der Waals surface area contributed by atoms with Crippen molar-refractivity contribution in [1.82, 2.24) is 10.2 Å². The molecular formula is C12H14BrIN2O. The van der Waals surface area contributed by atoms with Gasteiger partial charge in [0.15, 0.2) is 0 Å². The van der Waals surface area contributed by atoms with E-state index in [0.717, 1.165) is 33.1 Å². The maximum Gasteiger partial charge on any atom is 0.255 e. The van der Waals surface area contributed by atoms with Crippen LogP contribution in [0.15, 0.2) is 22.7 Å². The van der Waals surface area contributed by atoms with E-state index >= 15 is 0 Å². The van der Waals surface area contributed by atoms with Crippen LogP contribution >= 0.6 is 38.5 Å². The largest absolute Gasteiger partial charge is 0.337 e. The molecule has 2 rings (SSSR count). The molecule has 1 aromatic rings. The molecule has 1 aromatic carbocycles. The molecule has 0 saturated carbocycles. The number of amides is 1. The van der Waals surface area contributed by atoms with Crippen molar-refractivity contribution in [3.05, 3.63) is 31.8 Å². The molecule has 1 aliphatic heterocycles. The summed E-state index contributed by atoms with van der Waals surface area (Å²) in [6, 6.07) is 6.28. The third-order valence-corrected chi connectivity index (χ3v) is 4.41. The molecule has 1 atom stereocenters. The molecular weight excluding hydrogens is 395 g/mol. The number of benzene rings is 1. The lowest BCUT2D eigenvalue weighted by Crippen LogP contribution is -2.33. The highest BCUT2D eigenvalue weighted by molar-refractivity contribution is 14.1. The van der Waals surface area contributed by atoms with Gasteiger partial charge in [0.05, 0.1) is 5.56 Å². The molecule has 0 bridgehead atoms. The zero-order chi connectivity index (χ0) is 12.4. The van der Waals surface area contributed by atoms with E-state index in [1.54, 1.807) is 0 Å². The van der Waals surface area contributed by atoms with Gasteiger partial charge in [-0.05, 0) is 70.2 Å². The standard InChI is InChI=1S/C12H14BrIN2O/c1-15-9-4-5-16(7-9)12(17)10-6-8(14)2-3-11(10)13/h2-3,6,9,15H,4-5,7H2,1H3. The fourth-order valence-corrected chi connectivity index (χ4v) is 2.92. The third kappa shape index (κ3) is 3.00.